The summed E-state index contributed by atoms with van der Waals surface area (Å²) in [5.74, 6) is 0.523. The van der Waals surface area contributed by atoms with Crippen molar-refractivity contribution in [2.24, 2.45) is 0 Å². The monoisotopic (exact) mass is 379 g/mol. The molecule has 0 aliphatic carbocycles. The molecule has 1 N–H and O–H groups in total. The van der Waals surface area contributed by atoms with Crippen LogP contribution in [0.5, 0.6) is 5.75 Å². The minimum Gasteiger partial charge on any atom is -0.482 e. The molecule has 0 amide bonds. The Bertz CT molecular complexity index is 928. The summed E-state index contributed by atoms with van der Waals surface area (Å²) in [7, 11) is 0. The number of nitrogens with zero attached hydrogens (tertiary/aromatic N) is 3. The van der Waals surface area contributed by atoms with Gasteiger partial charge in [0.25, 0.3) is 0 Å². The molecule has 0 unspecified atom stereocenters. The van der Waals surface area contributed by atoms with Crippen LogP contribution >= 0.6 is 0 Å². The van der Waals surface area contributed by atoms with Crippen molar-refractivity contribution < 1.29 is 19.1 Å². The largest absolute Gasteiger partial charge is 0.482 e. The number of ether oxygens (including phenoxy) is 1. The lowest BCUT2D eigenvalue weighted by Gasteiger charge is -2.24. The minimum atomic E-state index is -1.00. The Kier molecular flexibility index (Phi) is 5.34. The van der Waals surface area contributed by atoms with E-state index >= 15 is 0 Å². The van der Waals surface area contributed by atoms with Crippen molar-refractivity contribution in [2.45, 2.75) is 25.4 Å². The van der Waals surface area contributed by atoms with Gasteiger partial charge in [-0.05, 0) is 49.7 Å². The fourth-order valence-electron chi connectivity index (χ4n) is 3.63. The third-order valence-corrected chi connectivity index (χ3v) is 4.88. The molecule has 1 aliphatic heterocycles. The lowest BCUT2D eigenvalue weighted by atomic mass is 10.1. The number of benzene rings is 1. The van der Waals surface area contributed by atoms with Gasteiger partial charge in [-0.1, -0.05) is 0 Å². The summed E-state index contributed by atoms with van der Waals surface area (Å²) in [5, 5.41) is 8.98. The lowest BCUT2D eigenvalue weighted by Crippen LogP contribution is -2.23. The van der Waals surface area contributed by atoms with Crippen LogP contribution in [0.1, 0.15) is 30.2 Å². The summed E-state index contributed by atoms with van der Waals surface area (Å²) in [6.45, 7) is 1.20. The molecule has 4 rings (SSSR count). The number of aromatic nitrogens is 2. The number of hydrogen-bond donors (Lipinski definition) is 1. The number of hydrogen-bond acceptors (Lipinski definition) is 6. The average molecular weight is 379 g/mol. The van der Waals surface area contributed by atoms with Gasteiger partial charge in [-0.15, -0.1) is 0 Å². The topological polar surface area (TPSA) is 88.7 Å². The van der Waals surface area contributed by atoms with Crippen molar-refractivity contribution in [3.05, 3.63) is 66.5 Å². The first-order valence-electron chi connectivity index (χ1n) is 9.22. The lowest BCUT2D eigenvalue weighted by molar-refractivity contribution is -0.139. The number of rotatable bonds is 7. The molecular formula is C21H21N3O4. The zero-order valence-corrected chi connectivity index (χ0v) is 15.3. The highest BCUT2D eigenvalue weighted by molar-refractivity contribution is 5.69. The first-order chi connectivity index (χ1) is 13.7. The third kappa shape index (κ3) is 4.04. The summed E-state index contributed by atoms with van der Waals surface area (Å²) < 4.78 is 11.2. The van der Waals surface area contributed by atoms with Crippen LogP contribution in [0.4, 0.5) is 0 Å². The molecule has 2 aromatic heterocycles. The molecule has 1 saturated heterocycles. The number of likely N-dealkylation sites (tertiary alicyclic amines) is 1. The normalized spacial score (nSPS) is 16.9. The zero-order chi connectivity index (χ0) is 19.3. The first kappa shape index (κ1) is 18.2. The molecule has 7 heteroatoms. The maximum atomic E-state index is 11.0. The Hall–Kier alpha value is -3.19. The van der Waals surface area contributed by atoms with Crippen LogP contribution in [-0.4, -0.2) is 39.1 Å². The SMILES string of the molecule is O=C(O)COc1ccc(-c2cnccn2)cc1CN1CCC[C@@H]1c1ccco1. The Morgan fingerprint density at radius 2 is 2.25 bits per heavy atom. The standard InChI is InChI=1S/C21H21N3O4/c25-21(26)14-28-19-6-5-15(17-12-22-7-8-23-17)11-16(19)13-24-9-1-3-18(24)20-4-2-10-27-20/h2,4-8,10-12,18H,1,3,9,13-14H2,(H,25,26)/t18-/m1/s1. The van der Waals surface area contributed by atoms with Gasteiger partial charge in [-0.25, -0.2) is 4.79 Å². The number of carboxylic acids is 1. The molecule has 1 aliphatic rings. The molecule has 28 heavy (non-hydrogen) atoms. The summed E-state index contributed by atoms with van der Waals surface area (Å²) in [4.78, 5) is 21.8. The van der Waals surface area contributed by atoms with Crippen molar-refractivity contribution in [2.75, 3.05) is 13.2 Å². The predicted molar refractivity (Wildman–Crippen MR) is 102 cm³/mol. The van der Waals surface area contributed by atoms with Crippen LogP contribution < -0.4 is 4.74 Å². The smallest absolute Gasteiger partial charge is 0.341 e. The second-order valence-corrected chi connectivity index (χ2v) is 6.74. The molecule has 0 bridgehead atoms. The molecule has 3 aromatic rings. The van der Waals surface area contributed by atoms with Gasteiger partial charge in [0.15, 0.2) is 6.61 Å². The maximum absolute atomic E-state index is 11.0. The summed E-state index contributed by atoms with van der Waals surface area (Å²) >= 11 is 0. The highest BCUT2D eigenvalue weighted by Gasteiger charge is 2.28. The molecule has 0 saturated carbocycles. The van der Waals surface area contributed by atoms with Crippen molar-refractivity contribution in [1.29, 1.82) is 0 Å². The number of aliphatic carboxylic acids is 1. The van der Waals surface area contributed by atoms with E-state index in [0.717, 1.165) is 42.0 Å². The molecule has 0 spiro atoms. The van der Waals surface area contributed by atoms with E-state index in [1.54, 1.807) is 30.9 Å². The van der Waals surface area contributed by atoms with E-state index in [9.17, 15) is 4.79 Å². The quantitative estimate of drug-likeness (QED) is 0.672. The van der Waals surface area contributed by atoms with Gasteiger partial charge in [0.2, 0.25) is 0 Å². The summed E-state index contributed by atoms with van der Waals surface area (Å²) in [6.07, 6.45) is 8.80. The van der Waals surface area contributed by atoms with Gasteiger partial charge in [0, 0.05) is 30.1 Å². The highest BCUT2D eigenvalue weighted by atomic mass is 16.5. The van der Waals surface area contributed by atoms with Gasteiger partial charge in [-0.3, -0.25) is 14.9 Å². The molecule has 3 heterocycles. The van der Waals surface area contributed by atoms with Crippen LogP contribution in [-0.2, 0) is 11.3 Å². The van der Waals surface area contributed by atoms with Crippen molar-refractivity contribution >= 4 is 5.97 Å². The number of carbonyl (C=O) groups is 1. The van der Waals surface area contributed by atoms with Crippen LogP contribution in [0.3, 0.4) is 0 Å². The van der Waals surface area contributed by atoms with Crippen LogP contribution in [0.15, 0.2) is 59.6 Å². The van der Waals surface area contributed by atoms with Gasteiger partial charge >= 0.3 is 5.97 Å². The third-order valence-electron chi connectivity index (χ3n) is 4.88. The molecule has 1 fully saturated rings. The van der Waals surface area contributed by atoms with E-state index < -0.39 is 5.97 Å². The van der Waals surface area contributed by atoms with E-state index in [4.69, 9.17) is 14.3 Å². The van der Waals surface area contributed by atoms with E-state index in [1.807, 2.05) is 24.3 Å². The van der Waals surface area contributed by atoms with Crippen molar-refractivity contribution in [3.63, 3.8) is 0 Å². The van der Waals surface area contributed by atoms with Crippen molar-refractivity contribution in [1.82, 2.24) is 14.9 Å². The number of carboxylic acid groups (broad SMARTS) is 1. The Balaban J connectivity index is 1.63. The van der Waals surface area contributed by atoms with Crippen LogP contribution in [0.25, 0.3) is 11.3 Å². The Morgan fingerprint density at radius 3 is 3.00 bits per heavy atom. The zero-order valence-electron chi connectivity index (χ0n) is 15.3. The molecule has 0 radical (unpaired) electrons. The molecule has 1 aromatic carbocycles. The molecule has 7 nitrogen and oxygen atoms in total. The van der Waals surface area contributed by atoms with E-state index in [-0.39, 0.29) is 12.6 Å². The van der Waals surface area contributed by atoms with Gasteiger partial charge < -0.3 is 14.3 Å². The van der Waals surface area contributed by atoms with Crippen LogP contribution in [0, 0.1) is 0 Å². The first-order valence-corrected chi connectivity index (χ1v) is 9.22. The molecular weight excluding hydrogens is 358 g/mol. The van der Waals surface area contributed by atoms with Crippen molar-refractivity contribution in [3.8, 4) is 17.0 Å². The van der Waals surface area contributed by atoms with Crippen LogP contribution in [0.2, 0.25) is 0 Å². The summed E-state index contributed by atoms with van der Waals surface area (Å²) in [6, 6.07) is 9.79. The summed E-state index contributed by atoms with van der Waals surface area (Å²) in [5.41, 5.74) is 2.60. The second-order valence-electron chi connectivity index (χ2n) is 6.74. The maximum Gasteiger partial charge on any atom is 0.341 e. The fraction of sp³-hybridized carbons (Fsp3) is 0.286. The predicted octanol–water partition coefficient (Wildman–Crippen LogP) is 3.54. The van der Waals surface area contributed by atoms with E-state index in [0.29, 0.717) is 12.3 Å². The Labute approximate surface area is 162 Å². The van der Waals surface area contributed by atoms with E-state index in [1.165, 1.54) is 0 Å². The molecule has 144 valence electrons. The van der Waals surface area contributed by atoms with Gasteiger partial charge in [0.1, 0.15) is 11.5 Å². The fourth-order valence-corrected chi connectivity index (χ4v) is 3.63. The Morgan fingerprint density at radius 1 is 1.32 bits per heavy atom. The second kappa shape index (κ2) is 8.22. The minimum absolute atomic E-state index is 0.211. The average Bonchev–Trinajstić information content (AvgIpc) is 3.39. The van der Waals surface area contributed by atoms with Gasteiger partial charge in [-0.2, -0.15) is 0 Å². The van der Waals surface area contributed by atoms with Gasteiger partial charge in [0.05, 0.1) is 24.2 Å². The highest BCUT2D eigenvalue weighted by Crippen LogP contribution is 2.35. The number of furan rings is 1. The molecule has 1 atom stereocenters. The van der Waals surface area contributed by atoms with E-state index in [2.05, 4.69) is 14.9 Å².